The van der Waals surface area contributed by atoms with E-state index < -0.39 is 11.7 Å². The first-order chi connectivity index (χ1) is 13.8. The van der Waals surface area contributed by atoms with Gasteiger partial charge in [-0.05, 0) is 77.8 Å². The normalized spacial score (nSPS) is 15.2. The Kier molecular flexibility index (Phi) is 4.61. The van der Waals surface area contributed by atoms with E-state index >= 15 is 0 Å². The molecule has 0 fully saturated rings. The molecular formula is C24H23FN2O2. The summed E-state index contributed by atoms with van der Waals surface area (Å²) in [5, 5.41) is 0. The highest BCUT2D eigenvalue weighted by Crippen LogP contribution is 2.43. The van der Waals surface area contributed by atoms with Crippen molar-refractivity contribution in [3.63, 3.8) is 0 Å². The molecule has 29 heavy (non-hydrogen) atoms. The van der Waals surface area contributed by atoms with Gasteiger partial charge >= 0.3 is 0 Å². The Balaban J connectivity index is 1.91. The Hall–Kier alpha value is -3.21. The maximum absolute atomic E-state index is 15.0. The lowest BCUT2D eigenvalue weighted by Gasteiger charge is -2.30. The number of primary amides is 1. The van der Waals surface area contributed by atoms with E-state index in [1.807, 2.05) is 32.0 Å². The van der Waals surface area contributed by atoms with Gasteiger partial charge in [0.25, 0.3) is 5.91 Å². The minimum Gasteiger partial charge on any atom is -0.365 e. The number of carbonyl (C=O) groups excluding carboxylic acids is 2. The molecule has 0 atom stereocenters. The van der Waals surface area contributed by atoms with Crippen LogP contribution in [-0.2, 0) is 24.2 Å². The molecule has 0 bridgehead atoms. The zero-order chi connectivity index (χ0) is 20.9. The van der Waals surface area contributed by atoms with Crippen molar-refractivity contribution in [2.24, 2.45) is 5.73 Å². The number of allylic oxidation sites excluding steroid dienone is 2. The first-order valence-electron chi connectivity index (χ1n) is 9.67. The molecule has 0 spiro atoms. The lowest BCUT2D eigenvalue weighted by molar-refractivity contribution is -0.126. The van der Waals surface area contributed by atoms with Crippen LogP contribution in [0.25, 0.3) is 16.7 Å². The second-order valence-electron chi connectivity index (χ2n) is 7.74. The van der Waals surface area contributed by atoms with E-state index in [0.29, 0.717) is 31.5 Å². The molecule has 0 saturated carbocycles. The van der Waals surface area contributed by atoms with E-state index in [1.54, 1.807) is 4.90 Å². The van der Waals surface area contributed by atoms with E-state index in [-0.39, 0.29) is 11.5 Å². The predicted molar refractivity (Wildman–Crippen MR) is 112 cm³/mol. The number of carbonyl (C=O) groups is 2. The van der Waals surface area contributed by atoms with Gasteiger partial charge in [0, 0.05) is 13.1 Å². The van der Waals surface area contributed by atoms with Crippen LogP contribution in [0.1, 0.15) is 46.5 Å². The number of nitrogens with two attached hydrogens (primary N) is 1. The van der Waals surface area contributed by atoms with Gasteiger partial charge < -0.3 is 10.6 Å². The summed E-state index contributed by atoms with van der Waals surface area (Å²) in [6, 6.07) is 7.37. The fourth-order valence-corrected chi connectivity index (χ4v) is 4.58. The highest BCUT2D eigenvalue weighted by atomic mass is 19.1. The molecule has 2 N–H and O–H groups in total. The van der Waals surface area contributed by atoms with Crippen molar-refractivity contribution in [3.8, 4) is 11.1 Å². The molecule has 0 saturated heterocycles. The van der Waals surface area contributed by atoms with Crippen LogP contribution in [-0.4, -0.2) is 23.3 Å². The molecule has 4 rings (SSSR count). The van der Waals surface area contributed by atoms with Crippen LogP contribution in [0.15, 0.2) is 42.5 Å². The van der Waals surface area contributed by atoms with E-state index in [1.165, 1.54) is 12.1 Å². The number of nitrogens with zero attached hydrogens (tertiary/aromatic N) is 1. The summed E-state index contributed by atoms with van der Waals surface area (Å²) in [6.45, 7) is 8.67. The Labute approximate surface area is 169 Å². The van der Waals surface area contributed by atoms with Crippen LogP contribution < -0.4 is 5.73 Å². The summed E-state index contributed by atoms with van der Waals surface area (Å²) in [6.07, 6.45) is 2.54. The Morgan fingerprint density at radius 3 is 2.66 bits per heavy atom. The van der Waals surface area contributed by atoms with Crippen molar-refractivity contribution in [1.82, 2.24) is 4.90 Å². The SMILES string of the molecule is C=CC(=O)N1CCc2c(cccc2-c2cc(F)c(C(N)=O)c3c2C(C)=C(C)C3)C1. The smallest absolute Gasteiger partial charge is 0.251 e. The van der Waals surface area contributed by atoms with Crippen LogP contribution in [0.4, 0.5) is 4.39 Å². The molecule has 1 heterocycles. The van der Waals surface area contributed by atoms with Crippen molar-refractivity contribution in [2.75, 3.05) is 6.54 Å². The summed E-state index contributed by atoms with van der Waals surface area (Å²) in [7, 11) is 0. The van der Waals surface area contributed by atoms with E-state index in [9.17, 15) is 14.0 Å². The monoisotopic (exact) mass is 390 g/mol. The van der Waals surface area contributed by atoms with Gasteiger partial charge in [0.2, 0.25) is 5.91 Å². The fourth-order valence-electron chi connectivity index (χ4n) is 4.58. The Bertz CT molecular complexity index is 1110. The minimum absolute atomic E-state index is 0.00694. The molecule has 0 unspecified atom stereocenters. The number of rotatable bonds is 3. The third kappa shape index (κ3) is 2.97. The largest absolute Gasteiger partial charge is 0.365 e. The maximum atomic E-state index is 15.0. The number of benzene rings is 2. The number of halogens is 1. The van der Waals surface area contributed by atoms with E-state index in [0.717, 1.165) is 39.0 Å². The van der Waals surface area contributed by atoms with Gasteiger partial charge in [0.05, 0.1) is 5.56 Å². The van der Waals surface area contributed by atoms with Gasteiger partial charge in [-0.15, -0.1) is 0 Å². The van der Waals surface area contributed by atoms with Crippen molar-refractivity contribution in [1.29, 1.82) is 0 Å². The third-order valence-corrected chi connectivity index (χ3v) is 6.13. The van der Waals surface area contributed by atoms with Gasteiger partial charge in [-0.25, -0.2) is 4.39 Å². The number of hydrogen-bond acceptors (Lipinski definition) is 2. The standard InChI is InChI=1S/C24H23FN2O2/c1-4-21(28)27-9-8-16-15(12-27)6-5-7-17(16)18-11-20(25)23(24(26)29)19-10-13(2)14(3)22(18)19/h4-7,11H,1,8-10,12H2,2-3H3,(H2,26,29). The molecular weight excluding hydrogens is 367 g/mol. The van der Waals surface area contributed by atoms with Crippen LogP contribution >= 0.6 is 0 Å². The van der Waals surface area contributed by atoms with Gasteiger partial charge in [-0.1, -0.05) is 30.4 Å². The minimum atomic E-state index is -0.735. The molecule has 2 amide bonds. The average Bonchev–Trinajstić information content (AvgIpc) is 2.99. The molecule has 5 heteroatoms. The first-order valence-corrected chi connectivity index (χ1v) is 9.67. The zero-order valence-corrected chi connectivity index (χ0v) is 16.6. The Morgan fingerprint density at radius 2 is 1.97 bits per heavy atom. The van der Waals surface area contributed by atoms with Gasteiger partial charge in [0.1, 0.15) is 5.82 Å². The molecule has 4 nitrogen and oxygen atoms in total. The second kappa shape index (κ2) is 6.99. The number of amides is 2. The number of hydrogen-bond donors (Lipinski definition) is 1. The van der Waals surface area contributed by atoms with Crippen LogP contribution in [0.5, 0.6) is 0 Å². The van der Waals surface area contributed by atoms with Crippen LogP contribution in [0.2, 0.25) is 0 Å². The molecule has 148 valence electrons. The van der Waals surface area contributed by atoms with Crippen molar-refractivity contribution >= 4 is 17.4 Å². The molecule has 1 aliphatic heterocycles. The van der Waals surface area contributed by atoms with Gasteiger partial charge in [-0.3, -0.25) is 9.59 Å². The average molecular weight is 390 g/mol. The highest BCUT2D eigenvalue weighted by molar-refractivity contribution is 6.00. The zero-order valence-electron chi connectivity index (χ0n) is 16.6. The first kappa shape index (κ1) is 19.1. The molecule has 2 aromatic rings. The molecule has 2 aliphatic rings. The molecule has 0 radical (unpaired) electrons. The summed E-state index contributed by atoms with van der Waals surface area (Å²) in [5.41, 5.74) is 13.2. The van der Waals surface area contributed by atoms with Crippen molar-refractivity contribution in [2.45, 2.75) is 33.2 Å². The number of fused-ring (bicyclic) bond motifs is 2. The van der Waals surface area contributed by atoms with Crippen LogP contribution in [0.3, 0.4) is 0 Å². The maximum Gasteiger partial charge on any atom is 0.251 e. The van der Waals surface area contributed by atoms with Crippen LogP contribution in [0, 0.1) is 5.82 Å². The van der Waals surface area contributed by atoms with Gasteiger partial charge in [0.15, 0.2) is 0 Å². The third-order valence-electron chi connectivity index (χ3n) is 6.13. The van der Waals surface area contributed by atoms with Gasteiger partial charge in [-0.2, -0.15) is 0 Å². The molecule has 2 aromatic carbocycles. The predicted octanol–water partition coefficient (Wildman–Crippen LogP) is 4.01. The highest BCUT2D eigenvalue weighted by Gasteiger charge is 2.30. The lowest BCUT2D eigenvalue weighted by Crippen LogP contribution is -2.34. The summed E-state index contributed by atoms with van der Waals surface area (Å²) in [4.78, 5) is 25.7. The molecule has 0 aromatic heterocycles. The van der Waals surface area contributed by atoms with Crippen molar-refractivity contribution in [3.05, 3.63) is 76.1 Å². The van der Waals surface area contributed by atoms with E-state index in [4.69, 9.17) is 5.73 Å². The topological polar surface area (TPSA) is 63.4 Å². The summed E-state index contributed by atoms with van der Waals surface area (Å²) in [5.74, 6) is -1.40. The fraction of sp³-hybridized carbons (Fsp3) is 0.250. The lowest BCUT2D eigenvalue weighted by atomic mass is 9.85. The van der Waals surface area contributed by atoms with Crippen molar-refractivity contribution < 1.29 is 14.0 Å². The summed E-state index contributed by atoms with van der Waals surface area (Å²) >= 11 is 0. The second-order valence-corrected chi connectivity index (χ2v) is 7.74. The Morgan fingerprint density at radius 1 is 1.21 bits per heavy atom. The summed E-state index contributed by atoms with van der Waals surface area (Å²) < 4.78 is 15.0. The molecule has 1 aliphatic carbocycles. The quantitative estimate of drug-likeness (QED) is 0.805. The van der Waals surface area contributed by atoms with E-state index in [2.05, 4.69) is 6.58 Å².